The summed E-state index contributed by atoms with van der Waals surface area (Å²) in [6, 6.07) is 9.42. The van der Waals surface area contributed by atoms with Gasteiger partial charge in [0.2, 0.25) is 0 Å². The first-order valence-electron chi connectivity index (χ1n) is 5.74. The Balaban J connectivity index is 2.56. The number of aliphatic hydroxyl groups is 1. The molecule has 0 bridgehead atoms. The number of carbonyl (C=O) groups excluding carboxylic acids is 1. The zero-order valence-corrected chi connectivity index (χ0v) is 10.7. The maximum atomic E-state index is 11.8. The first kappa shape index (κ1) is 13.7. The summed E-state index contributed by atoms with van der Waals surface area (Å²) in [6.45, 7) is 2.35. The molecule has 0 fully saturated rings. The summed E-state index contributed by atoms with van der Waals surface area (Å²) in [5, 5.41) is 12.0. The minimum Gasteiger partial charge on any atom is -0.390 e. The van der Waals surface area contributed by atoms with Gasteiger partial charge in [-0.3, -0.25) is 4.79 Å². The van der Waals surface area contributed by atoms with Crippen molar-refractivity contribution in [3.8, 4) is 0 Å². The average molecular weight is 237 g/mol. The summed E-state index contributed by atoms with van der Waals surface area (Å²) in [5.41, 5.74) is 0.800. The topological polar surface area (TPSA) is 49.3 Å². The number of para-hydroxylation sites is 1. The van der Waals surface area contributed by atoms with Crippen LogP contribution in [0.4, 0.5) is 5.69 Å². The lowest BCUT2D eigenvalue weighted by Crippen LogP contribution is -2.53. The lowest BCUT2D eigenvalue weighted by molar-refractivity contribution is -0.905. The van der Waals surface area contributed by atoms with E-state index >= 15 is 0 Å². The maximum absolute atomic E-state index is 11.8. The van der Waals surface area contributed by atoms with Gasteiger partial charge in [0.05, 0.1) is 20.7 Å². The number of nitrogens with zero attached hydrogens (tertiary/aromatic N) is 1. The number of likely N-dealkylation sites (N-methyl/N-ethyl adjacent to an activating group) is 1. The van der Waals surface area contributed by atoms with Gasteiger partial charge in [-0.05, 0) is 19.1 Å². The number of quaternary nitrogens is 1. The molecule has 0 aliphatic rings. The number of nitrogens with one attached hydrogen (secondary N) is 1. The van der Waals surface area contributed by atoms with Gasteiger partial charge < -0.3 is 14.9 Å². The largest absolute Gasteiger partial charge is 0.390 e. The Kier molecular flexibility index (Phi) is 4.66. The van der Waals surface area contributed by atoms with E-state index in [1.54, 1.807) is 0 Å². The highest BCUT2D eigenvalue weighted by atomic mass is 16.3. The molecular formula is C13H21N2O2+. The lowest BCUT2D eigenvalue weighted by atomic mass is 10.2. The van der Waals surface area contributed by atoms with Crippen LogP contribution in [0.25, 0.3) is 0 Å². The lowest BCUT2D eigenvalue weighted by Gasteiger charge is -2.34. The molecule has 0 spiro atoms. The van der Waals surface area contributed by atoms with E-state index in [1.807, 2.05) is 51.4 Å². The average Bonchev–Trinajstić information content (AvgIpc) is 2.28. The van der Waals surface area contributed by atoms with Crippen molar-refractivity contribution >= 4 is 11.6 Å². The number of rotatable bonds is 5. The Bertz CT molecular complexity index is 363. The highest BCUT2D eigenvalue weighted by Gasteiger charge is 2.26. The quantitative estimate of drug-likeness (QED) is 0.753. The molecular weight excluding hydrogens is 216 g/mol. The summed E-state index contributed by atoms with van der Waals surface area (Å²) in [6.07, 6.45) is 0. The van der Waals surface area contributed by atoms with Crippen molar-refractivity contribution in [2.45, 2.75) is 13.0 Å². The molecule has 4 nitrogen and oxygen atoms in total. The van der Waals surface area contributed by atoms with Crippen molar-refractivity contribution in [2.24, 2.45) is 0 Å². The molecule has 0 aliphatic heterocycles. The van der Waals surface area contributed by atoms with Gasteiger partial charge in [-0.15, -0.1) is 0 Å². The molecule has 0 saturated heterocycles. The van der Waals surface area contributed by atoms with E-state index < -0.39 is 0 Å². The van der Waals surface area contributed by atoms with Gasteiger partial charge in [0.15, 0.2) is 6.54 Å². The number of carbonyl (C=O) groups is 1. The van der Waals surface area contributed by atoms with Gasteiger partial charge in [0, 0.05) is 5.69 Å². The Morgan fingerprint density at radius 3 is 2.47 bits per heavy atom. The molecule has 0 aromatic heterocycles. The van der Waals surface area contributed by atoms with Gasteiger partial charge in [-0.2, -0.15) is 0 Å². The summed E-state index contributed by atoms with van der Waals surface area (Å²) in [5.74, 6) is -0.0403. The van der Waals surface area contributed by atoms with E-state index in [1.165, 1.54) is 0 Å². The predicted octanol–water partition coefficient (Wildman–Crippen LogP) is 1.08. The van der Waals surface area contributed by atoms with Crippen molar-refractivity contribution in [2.75, 3.05) is 32.6 Å². The third-order valence-electron chi connectivity index (χ3n) is 3.07. The second kappa shape index (κ2) is 5.80. The zero-order valence-electron chi connectivity index (χ0n) is 10.7. The fourth-order valence-electron chi connectivity index (χ4n) is 1.47. The SMILES string of the molecule is CC(CO)[N+](C)(C)CC(=O)Nc1ccccc1. The normalized spacial score (nSPS) is 13.2. The molecule has 1 rings (SSSR count). The van der Waals surface area contributed by atoms with Gasteiger partial charge in [0.1, 0.15) is 6.04 Å². The smallest absolute Gasteiger partial charge is 0.279 e. The third kappa shape index (κ3) is 4.17. The summed E-state index contributed by atoms with van der Waals surface area (Å²) in [7, 11) is 3.87. The van der Waals surface area contributed by atoms with Crippen molar-refractivity contribution in [1.29, 1.82) is 0 Å². The standard InChI is InChI=1S/C13H20N2O2/c1-11(10-16)15(2,3)9-13(17)14-12-7-5-4-6-8-12/h4-8,11,16H,9-10H2,1-3H3/p+1. The fraction of sp³-hybridized carbons (Fsp3) is 0.462. The van der Waals surface area contributed by atoms with Crippen LogP contribution in [0.1, 0.15) is 6.92 Å². The summed E-state index contributed by atoms with van der Waals surface area (Å²) in [4.78, 5) is 11.8. The second-order valence-electron chi connectivity index (χ2n) is 4.88. The molecule has 94 valence electrons. The van der Waals surface area contributed by atoms with Gasteiger partial charge in [0.25, 0.3) is 5.91 Å². The molecule has 1 unspecified atom stereocenters. The molecule has 1 aromatic rings. The maximum Gasteiger partial charge on any atom is 0.279 e. The van der Waals surface area contributed by atoms with E-state index in [9.17, 15) is 4.79 Å². The van der Waals surface area contributed by atoms with E-state index in [0.29, 0.717) is 11.0 Å². The number of benzene rings is 1. The van der Waals surface area contributed by atoms with E-state index in [-0.39, 0.29) is 18.6 Å². The molecule has 0 heterocycles. The highest BCUT2D eigenvalue weighted by Crippen LogP contribution is 2.08. The van der Waals surface area contributed by atoms with Gasteiger partial charge in [-0.1, -0.05) is 18.2 Å². The number of aliphatic hydroxyl groups excluding tert-OH is 1. The van der Waals surface area contributed by atoms with E-state index in [0.717, 1.165) is 5.69 Å². The highest BCUT2D eigenvalue weighted by molar-refractivity contribution is 5.91. The molecule has 2 N–H and O–H groups in total. The van der Waals surface area contributed by atoms with Crippen LogP contribution < -0.4 is 5.32 Å². The third-order valence-corrected chi connectivity index (χ3v) is 3.07. The Labute approximate surface area is 102 Å². The minimum absolute atomic E-state index is 0.0384. The van der Waals surface area contributed by atoms with Crippen LogP contribution in [0.3, 0.4) is 0 Å². The van der Waals surface area contributed by atoms with E-state index in [2.05, 4.69) is 5.32 Å². The first-order chi connectivity index (χ1) is 7.95. The molecule has 4 heteroatoms. The van der Waals surface area contributed by atoms with Crippen LogP contribution in [0.15, 0.2) is 30.3 Å². The molecule has 1 aromatic carbocycles. The monoisotopic (exact) mass is 237 g/mol. The molecule has 17 heavy (non-hydrogen) atoms. The molecule has 0 saturated carbocycles. The molecule has 1 amide bonds. The van der Waals surface area contributed by atoms with Crippen LogP contribution in [-0.2, 0) is 4.79 Å². The molecule has 0 radical (unpaired) electrons. The minimum atomic E-state index is -0.0403. The van der Waals surface area contributed by atoms with Crippen LogP contribution in [0, 0.1) is 0 Å². The summed E-state index contributed by atoms with van der Waals surface area (Å²) < 4.78 is 0.467. The summed E-state index contributed by atoms with van der Waals surface area (Å²) >= 11 is 0. The Morgan fingerprint density at radius 1 is 1.35 bits per heavy atom. The van der Waals surface area contributed by atoms with Crippen molar-refractivity contribution in [3.05, 3.63) is 30.3 Å². The number of anilines is 1. The van der Waals surface area contributed by atoms with Crippen LogP contribution in [-0.4, -0.2) is 48.8 Å². The first-order valence-corrected chi connectivity index (χ1v) is 5.74. The molecule has 1 atom stereocenters. The van der Waals surface area contributed by atoms with Crippen molar-refractivity contribution < 1.29 is 14.4 Å². The number of amides is 1. The number of hydrogen-bond acceptors (Lipinski definition) is 2. The zero-order chi connectivity index (χ0) is 12.9. The fourth-order valence-corrected chi connectivity index (χ4v) is 1.47. The van der Waals surface area contributed by atoms with Crippen molar-refractivity contribution in [1.82, 2.24) is 0 Å². The molecule has 0 aliphatic carbocycles. The second-order valence-corrected chi connectivity index (χ2v) is 4.88. The van der Waals surface area contributed by atoms with Gasteiger partial charge in [-0.25, -0.2) is 0 Å². The Morgan fingerprint density at radius 2 is 1.94 bits per heavy atom. The number of hydrogen-bond donors (Lipinski definition) is 2. The van der Waals surface area contributed by atoms with Crippen molar-refractivity contribution in [3.63, 3.8) is 0 Å². The predicted molar refractivity (Wildman–Crippen MR) is 68.6 cm³/mol. The van der Waals surface area contributed by atoms with Gasteiger partial charge >= 0.3 is 0 Å². The van der Waals surface area contributed by atoms with Crippen LogP contribution >= 0.6 is 0 Å². The van der Waals surface area contributed by atoms with Crippen LogP contribution in [0.2, 0.25) is 0 Å². The Hall–Kier alpha value is -1.39. The van der Waals surface area contributed by atoms with E-state index in [4.69, 9.17) is 5.11 Å². The van der Waals surface area contributed by atoms with Crippen LogP contribution in [0.5, 0.6) is 0 Å².